The smallest absolute Gasteiger partial charge is 0.183 e. The molecule has 5 nitrogen and oxygen atoms in total. The zero-order valence-corrected chi connectivity index (χ0v) is 9.93. The van der Waals surface area contributed by atoms with E-state index in [1.807, 2.05) is 0 Å². The van der Waals surface area contributed by atoms with Crippen LogP contribution >= 0.6 is 0 Å². The SMILES string of the molecule is C[Si](C)(C)OCCOCn1ccnn1. The molecule has 0 saturated heterocycles. The van der Waals surface area contributed by atoms with Gasteiger partial charge in [0.2, 0.25) is 0 Å². The summed E-state index contributed by atoms with van der Waals surface area (Å²) in [7, 11) is -1.39. The summed E-state index contributed by atoms with van der Waals surface area (Å²) in [5, 5.41) is 7.44. The Balaban J connectivity index is 2.00. The van der Waals surface area contributed by atoms with Crippen molar-refractivity contribution in [1.82, 2.24) is 15.0 Å². The van der Waals surface area contributed by atoms with Gasteiger partial charge in [0.15, 0.2) is 8.32 Å². The summed E-state index contributed by atoms with van der Waals surface area (Å²) >= 11 is 0. The van der Waals surface area contributed by atoms with Gasteiger partial charge in [-0.15, -0.1) is 5.10 Å². The highest BCUT2D eigenvalue weighted by Gasteiger charge is 2.12. The first-order valence-corrected chi connectivity index (χ1v) is 8.04. The van der Waals surface area contributed by atoms with E-state index >= 15 is 0 Å². The standard InChI is InChI=1S/C8H17N3O2Si/c1-14(2,3)13-7-6-12-8-11-5-4-9-10-11/h4-5H,6-8H2,1-3H3. The lowest BCUT2D eigenvalue weighted by atomic mass is 10.8. The average molecular weight is 215 g/mol. The number of nitrogens with zero attached hydrogens (tertiary/aromatic N) is 3. The molecule has 1 aromatic heterocycles. The van der Waals surface area contributed by atoms with Crippen LogP contribution in [0.5, 0.6) is 0 Å². The van der Waals surface area contributed by atoms with Crippen molar-refractivity contribution in [2.24, 2.45) is 0 Å². The monoisotopic (exact) mass is 215 g/mol. The van der Waals surface area contributed by atoms with Crippen LogP contribution < -0.4 is 0 Å². The van der Waals surface area contributed by atoms with Crippen molar-refractivity contribution in [3.8, 4) is 0 Å². The third-order valence-electron chi connectivity index (χ3n) is 1.46. The molecule has 0 N–H and O–H groups in total. The first-order valence-electron chi connectivity index (χ1n) is 4.64. The molecule has 0 amide bonds. The second-order valence-electron chi connectivity index (χ2n) is 3.94. The molecule has 0 spiro atoms. The number of hydrogen-bond acceptors (Lipinski definition) is 4. The molecule has 14 heavy (non-hydrogen) atoms. The maximum atomic E-state index is 5.62. The Morgan fingerprint density at radius 3 is 2.64 bits per heavy atom. The Hall–Kier alpha value is -0.723. The number of ether oxygens (including phenoxy) is 1. The second kappa shape index (κ2) is 5.23. The minimum Gasteiger partial charge on any atom is -0.415 e. The molecule has 0 aliphatic rings. The quantitative estimate of drug-likeness (QED) is 0.527. The molecule has 0 aromatic carbocycles. The third kappa shape index (κ3) is 5.10. The van der Waals surface area contributed by atoms with Crippen molar-refractivity contribution in [3.63, 3.8) is 0 Å². The Labute approximate surface area is 85.1 Å². The molecule has 0 fully saturated rings. The van der Waals surface area contributed by atoms with Gasteiger partial charge in [-0.25, -0.2) is 4.68 Å². The van der Waals surface area contributed by atoms with E-state index in [1.165, 1.54) is 0 Å². The lowest BCUT2D eigenvalue weighted by Crippen LogP contribution is -2.27. The van der Waals surface area contributed by atoms with E-state index < -0.39 is 8.32 Å². The number of hydrogen-bond donors (Lipinski definition) is 0. The Morgan fingerprint density at radius 1 is 1.29 bits per heavy atom. The van der Waals surface area contributed by atoms with Crippen molar-refractivity contribution in [2.45, 2.75) is 26.4 Å². The first-order chi connectivity index (χ1) is 6.58. The van der Waals surface area contributed by atoms with Gasteiger partial charge in [-0.1, -0.05) is 5.21 Å². The summed E-state index contributed by atoms with van der Waals surface area (Å²) in [6, 6.07) is 0. The Bertz CT molecular complexity index is 246. The highest BCUT2D eigenvalue weighted by Crippen LogP contribution is 2.01. The number of aromatic nitrogens is 3. The molecular weight excluding hydrogens is 198 g/mol. The highest BCUT2D eigenvalue weighted by molar-refractivity contribution is 6.69. The summed E-state index contributed by atoms with van der Waals surface area (Å²) in [5.74, 6) is 0. The van der Waals surface area contributed by atoms with Crippen LogP contribution in [-0.2, 0) is 15.9 Å². The summed E-state index contributed by atoms with van der Waals surface area (Å²) in [6.07, 6.45) is 3.39. The zero-order chi connectivity index (χ0) is 10.4. The van der Waals surface area contributed by atoms with Crippen LogP contribution in [0.2, 0.25) is 19.6 Å². The maximum Gasteiger partial charge on any atom is 0.183 e. The molecule has 0 aliphatic carbocycles. The fourth-order valence-corrected chi connectivity index (χ4v) is 1.56. The Morgan fingerprint density at radius 2 is 2.07 bits per heavy atom. The number of rotatable bonds is 6. The van der Waals surface area contributed by atoms with Crippen molar-refractivity contribution in [1.29, 1.82) is 0 Å². The topological polar surface area (TPSA) is 49.2 Å². The molecule has 80 valence electrons. The summed E-state index contributed by atoms with van der Waals surface area (Å²) in [6.45, 7) is 8.17. The highest BCUT2D eigenvalue weighted by atomic mass is 28.4. The van der Waals surface area contributed by atoms with Crippen LogP contribution in [0.25, 0.3) is 0 Å². The van der Waals surface area contributed by atoms with Crippen LogP contribution in [0.4, 0.5) is 0 Å². The second-order valence-corrected chi connectivity index (χ2v) is 8.45. The van der Waals surface area contributed by atoms with Gasteiger partial charge >= 0.3 is 0 Å². The van der Waals surface area contributed by atoms with Crippen LogP contribution in [0.1, 0.15) is 0 Å². The van der Waals surface area contributed by atoms with Crippen molar-refractivity contribution in [3.05, 3.63) is 12.4 Å². The molecule has 6 heteroatoms. The summed E-state index contributed by atoms with van der Waals surface area (Å²) < 4.78 is 12.6. The van der Waals surface area contributed by atoms with E-state index in [1.54, 1.807) is 17.1 Å². The van der Waals surface area contributed by atoms with Crippen molar-refractivity contribution >= 4 is 8.32 Å². The Kier molecular flexibility index (Phi) is 4.24. The fraction of sp³-hybridized carbons (Fsp3) is 0.750. The molecule has 0 unspecified atom stereocenters. The predicted molar refractivity (Wildman–Crippen MR) is 55.3 cm³/mol. The fourth-order valence-electron chi connectivity index (χ4n) is 0.866. The minimum atomic E-state index is -1.39. The van der Waals surface area contributed by atoms with Gasteiger partial charge in [0, 0.05) is 6.20 Å². The lowest BCUT2D eigenvalue weighted by Gasteiger charge is -2.16. The molecule has 1 rings (SSSR count). The molecule has 0 radical (unpaired) electrons. The van der Waals surface area contributed by atoms with Gasteiger partial charge in [0.25, 0.3) is 0 Å². The van der Waals surface area contributed by atoms with Gasteiger partial charge in [0.1, 0.15) is 6.73 Å². The van der Waals surface area contributed by atoms with E-state index in [4.69, 9.17) is 9.16 Å². The van der Waals surface area contributed by atoms with Crippen molar-refractivity contribution in [2.75, 3.05) is 13.2 Å². The van der Waals surface area contributed by atoms with Crippen LogP contribution in [0, 0.1) is 0 Å². The van der Waals surface area contributed by atoms with Gasteiger partial charge in [-0.05, 0) is 19.6 Å². The van der Waals surface area contributed by atoms with Crippen molar-refractivity contribution < 1.29 is 9.16 Å². The van der Waals surface area contributed by atoms with Crippen LogP contribution in [-0.4, -0.2) is 36.5 Å². The molecular formula is C8H17N3O2Si. The largest absolute Gasteiger partial charge is 0.415 e. The lowest BCUT2D eigenvalue weighted by molar-refractivity contribution is 0.0448. The molecule has 0 saturated carbocycles. The first kappa shape index (κ1) is 11.4. The van der Waals surface area contributed by atoms with Crippen LogP contribution in [0.15, 0.2) is 12.4 Å². The molecule has 1 heterocycles. The summed E-state index contributed by atoms with van der Waals surface area (Å²) in [4.78, 5) is 0. The van der Waals surface area contributed by atoms with Crippen LogP contribution in [0.3, 0.4) is 0 Å². The zero-order valence-electron chi connectivity index (χ0n) is 8.93. The van der Waals surface area contributed by atoms with Gasteiger partial charge < -0.3 is 9.16 Å². The summed E-state index contributed by atoms with van der Waals surface area (Å²) in [5.41, 5.74) is 0. The van der Waals surface area contributed by atoms with E-state index in [-0.39, 0.29) is 0 Å². The molecule has 0 atom stereocenters. The average Bonchev–Trinajstić information content (AvgIpc) is 2.54. The molecule has 1 aromatic rings. The third-order valence-corrected chi connectivity index (χ3v) is 2.53. The maximum absolute atomic E-state index is 5.62. The molecule has 0 aliphatic heterocycles. The predicted octanol–water partition coefficient (Wildman–Crippen LogP) is 1.10. The van der Waals surface area contributed by atoms with E-state index in [0.717, 1.165) is 0 Å². The van der Waals surface area contributed by atoms with E-state index in [9.17, 15) is 0 Å². The normalized spacial score (nSPS) is 11.9. The van der Waals surface area contributed by atoms with E-state index in [0.29, 0.717) is 19.9 Å². The van der Waals surface area contributed by atoms with E-state index in [2.05, 4.69) is 30.0 Å². The van der Waals surface area contributed by atoms with Gasteiger partial charge in [-0.2, -0.15) is 0 Å². The minimum absolute atomic E-state index is 0.440. The van der Waals surface area contributed by atoms with Gasteiger partial charge in [-0.3, -0.25) is 0 Å². The van der Waals surface area contributed by atoms with Gasteiger partial charge in [0.05, 0.1) is 19.4 Å². The molecule has 0 bridgehead atoms.